The molecule has 2 N–H and O–H groups in total. The van der Waals surface area contributed by atoms with Crippen molar-refractivity contribution in [2.24, 2.45) is 5.92 Å². The molecule has 0 bridgehead atoms. The van der Waals surface area contributed by atoms with Gasteiger partial charge in [0.25, 0.3) is 5.91 Å². The Morgan fingerprint density at radius 2 is 2.38 bits per heavy atom. The van der Waals surface area contributed by atoms with E-state index >= 15 is 0 Å². The number of aliphatic hydroxyl groups is 1. The van der Waals surface area contributed by atoms with Gasteiger partial charge in [-0.25, -0.2) is 0 Å². The zero-order chi connectivity index (χ0) is 11.7. The number of nitrogens with zero attached hydrogens (tertiary/aromatic N) is 1. The SMILES string of the molecule is C=C1NC(=O)C(C)=CN1C1CCC(CO)C1. The van der Waals surface area contributed by atoms with Crippen molar-refractivity contribution in [2.45, 2.75) is 32.2 Å². The van der Waals surface area contributed by atoms with E-state index < -0.39 is 0 Å². The molecule has 4 nitrogen and oxygen atoms in total. The summed E-state index contributed by atoms with van der Waals surface area (Å²) in [5, 5.41) is 11.9. The molecule has 1 saturated carbocycles. The van der Waals surface area contributed by atoms with Crippen molar-refractivity contribution in [3.63, 3.8) is 0 Å². The second-order valence-electron chi connectivity index (χ2n) is 4.64. The first kappa shape index (κ1) is 11.2. The predicted octanol–water partition coefficient (Wildman–Crippen LogP) is 0.954. The molecule has 1 fully saturated rings. The van der Waals surface area contributed by atoms with E-state index in [1.54, 1.807) is 6.92 Å². The molecule has 0 radical (unpaired) electrons. The van der Waals surface area contributed by atoms with Crippen LogP contribution in [0.25, 0.3) is 0 Å². The normalized spacial score (nSPS) is 30.4. The van der Waals surface area contributed by atoms with Crippen LogP contribution < -0.4 is 5.32 Å². The van der Waals surface area contributed by atoms with Gasteiger partial charge >= 0.3 is 0 Å². The van der Waals surface area contributed by atoms with Gasteiger partial charge in [-0.2, -0.15) is 0 Å². The summed E-state index contributed by atoms with van der Waals surface area (Å²) in [6.07, 6.45) is 4.93. The van der Waals surface area contributed by atoms with Crippen molar-refractivity contribution < 1.29 is 9.90 Å². The molecule has 1 amide bonds. The molecule has 2 unspecified atom stereocenters. The lowest BCUT2D eigenvalue weighted by Gasteiger charge is -2.33. The number of amides is 1. The minimum Gasteiger partial charge on any atom is -0.396 e. The van der Waals surface area contributed by atoms with Gasteiger partial charge in [-0.15, -0.1) is 0 Å². The topological polar surface area (TPSA) is 52.6 Å². The zero-order valence-corrected chi connectivity index (χ0v) is 9.57. The summed E-state index contributed by atoms with van der Waals surface area (Å²) >= 11 is 0. The summed E-state index contributed by atoms with van der Waals surface area (Å²) in [4.78, 5) is 13.4. The van der Waals surface area contributed by atoms with Crippen molar-refractivity contribution in [1.29, 1.82) is 0 Å². The van der Waals surface area contributed by atoms with Gasteiger partial charge in [-0.1, -0.05) is 6.58 Å². The first-order valence-corrected chi connectivity index (χ1v) is 5.69. The summed E-state index contributed by atoms with van der Waals surface area (Å²) < 4.78 is 0. The number of carbonyl (C=O) groups is 1. The molecule has 1 aliphatic carbocycles. The number of nitrogens with one attached hydrogen (secondary N) is 1. The molecule has 2 rings (SSSR count). The summed E-state index contributed by atoms with van der Waals surface area (Å²) in [6.45, 7) is 5.92. The van der Waals surface area contributed by atoms with Crippen molar-refractivity contribution in [2.75, 3.05) is 6.61 Å². The molecule has 88 valence electrons. The Morgan fingerprint density at radius 3 is 3.00 bits per heavy atom. The van der Waals surface area contributed by atoms with Crippen LogP contribution in [0.2, 0.25) is 0 Å². The average Bonchev–Trinajstić information content (AvgIpc) is 2.71. The van der Waals surface area contributed by atoms with Crippen LogP contribution in [-0.4, -0.2) is 28.6 Å². The summed E-state index contributed by atoms with van der Waals surface area (Å²) in [6, 6.07) is 0.361. The van der Waals surface area contributed by atoms with E-state index in [4.69, 9.17) is 5.11 Å². The Balaban J connectivity index is 2.10. The molecule has 1 heterocycles. The highest BCUT2D eigenvalue weighted by atomic mass is 16.3. The van der Waals surface area contributed by atoms with Crippen molar-refractivity contribution in [3.8, 4) is 0 Å². The molecular weight excluding hydrogens is 204 g/mol. The molecule has 0 saturated heterocycles. The van der Waals surface area contributed by atoms with E-state index in [1.165, 1.54) is 0 Å². The lowest BCUT2D eigenvalue weighted by Crippen LogP contribution is -2.41. The third-order valence-electron chi connectivity index (χ3n) is 3.43. The molecule has 4 heteroatoms. The minimum atomic E-state index is -0.0713. The summed E-state index contributed by atoms with van der Waals surface area (Å²) in [7, 11) is 0. The lowest BCUT2D eigenvalue weighted by molar-refractivity contribution is -0.117. The highest BCUT2D eigenvalue weighted by Crippen LogP contribution is 2.31. The van der Waals surface area contributed by atoms with E-state index in [2.05, 4.69) is 11.9 Å². The maximum Gasteiger partial charge on any atom is 0.253 e. The van der Waals surface area contributed by atoms with Crippen LogP contribution in [0.3, 0.4) is 0 Å². The molecule has 2 atom stereocenters. The van der Waals surface area contributed by atoms with Crippen LogP contribution in [-0.2, 0) is 4.79 Å². The number of rotatable bonds is 2. The van der Waals surface area contributed by atoms with Crippen LogP contribution in [0.4, 0.5) is 0 Å². The van der Waals surface area contributed by atoms with Gasteiger partial charge in [0.1, 0.15) is 5.82 Å². The van der Waals surface area contributed by atoms with Crippen LogP contribution >= 0.6 is 0 Å². The van der Waals surface area contributed by atoms with Crippen molar-refractivity contribution in [1.82, 2.24) is 10.2 Å². The van der Waals surface area contributed by atoms with Gasteiger partial charge in [0.05, 0.1) is 0 Å². The number of aliphatic hydroxyl groups excluding tert-OH is 1. The Kier molecular flexibility index (Phi) is 3.01. The van der Waals surface area contributed by atoms with E-state index in [9.17, 15) is 4.79 Å². The molecular formula is C12H18N2O2. The molecule has 2 aliphatic rings. The molecule has 0 spiro atoms. The van der Waals surface area contributed by atoms with Crippen LogP contribution in [0, 0.1) is 5.92 Å². The van der Waals surface area contributed by atoms with Gasteiger partial charge in [0, 0.05) is 24.4 Å². The predicted molar refractivity (Wildman–Crippen MR) is 61.1 cm³/mol. The lowest BCUT2D eigenvalue weighted by atomic mass is 10.1. The standard InChI is InChI=1S/C12H18N2O2/c1-8-6-14(9(2)13-12(8)16)11-4-3-10(5-11)7-15/h6,10-11,15H,2-5,7H2,1H3,(H,13,16). The Labute approximate surface area is 95.6 Å². The van der Waals surface area contributed by atoms with Crippen LogP contribution in [0.5, 0.6) is 0 Å². The van der Waals surface area contributed by atoms with Gasteiger partial charge < -0.3 is 15.3 Å². The monoisotopic (exact) mass is 222 g/mol. The maximum absolute atomic E-state index is 11.4. The van der Waals surface area contributed by atoms with Crippen molar-refractivity contribution >= 4 is 5.91 Å². The molecule has 0 aromatic heterocycles. The van der Waals surface area contributed by atoms with Gasteiger partial charge in [-0.3, -0.25) is 4.79 Å². The largest absolute Gasteiger partial charge is 0.396 e. The van der Waals surface area contributed by atoms with Gasteiger partial charge in [-0.05, 0) is 32.1 Å². The third kappa shape index (κ3) is 1.97. The van der Waals surface area contributed by atoms with Crippen LogP contribution in [0.15, 0.2) is 24.2 Å². The maximum atomic E-state index is 11.4. The highest BCUT2D eigenvalue weighted by Gasteiger charge is 2.31. The second-order valence-corrected chi connectivity index (χ2v) is 4.64. The zero-order valence-electron chi connectivity index (χ0n) is 9.57. The Bertz CT molecular complexity index is 349. The molecule has 1 aliphatic heterocycles. The molecule has 0 aromatic rings. The first-order chi connectivity index (χ1) is 7.61. The quantitative estimate of drug-likeness (QED) is 0.731. The smallest absolute Gasteiger partial charge is 0.253 e. The van der Waals surface area contributed by atoms with Gasteiger partial charge in [0.15, 0.2) is 0 Å². The highest BCUT2D eigenvalue weighted by molar-refractivity contribution is 5.94. The van der Waals surface area contributed by atoms with E-state index in [1.807, 2.05) is 11.1 Å². The number of carbonyl (C=O) groups excluding carboxylic acids is 1. The van der Waals surface area contributed by atoms with E-state index in [0.717, 1.165) is 19.3 Å². The van der Waals surface area contributed by atoms with Gasteiger partial charge in [0.2, 0.25) is 0 Å². The number of hydrogen-bond acceptors (Lipinski definition) is 3. The van der Waals surface area contributed by atoms with E-state index in [-0.39, 0.29) is 12.5 Å². The fraction of sp³-hybridized carbons (Fsp3) is 0.583. The minimum absolute atomic E-state index is 0.0713. The molecule has 16 heavy (non-hydrogen) atoms. The second kappa shape index (κ2) is 4.29. The average molecular weight is 222 g/mol. The Morgan fingerprint density at radius 1 is 1.62 bits per heavy atom. The van der Waals surface area contributed by atoms with Crippen LogP contribution in [0.1, 0.15) is 26.2 Å². The summed E-state index contributed by atoms with van der Waals surface area (Å²) in [5.74, 6) is 0.973. The van der Waals surface area contributed by atoms with Crippen molar-refractivity contribution in [3.05, 3.63) is 24.2 Å². The van der Waals surface area contributed by atoms with E-state index in [0.29, 0.717) is 23.4 Å². The molecule has 0 aromatic carbocycles. The third-order valence-corrected chi connectivity index (χ3v) is 3.43. The summed E-state index contributed by atoms with van der Waals surface area (Å²) in [5.41, 5.74) is 0.708. The Hall–Kier alpha value is -1.29. The first-order valence-electron chi connectivity index (χ1n) is 5.69. The fourth-order valence-corrected chi connectivity index (χ4v) is 2.43. The fourth-order valence-electron chi connectivity index (χ4n) is 2.43. The number of hydrogen-bond donors (Lipinski definition) is 2.